The van der Waals surface area contributed by atoms with Crippen molar-refractivity contribution in [2.24, 2.45) is 0 Å². The average Bonchev–Trinajstić information content (AvgIpc) is 2.74. The fourth-order valence-electron chi connectivity index (χ4n) is 1.13. The summed E-state index contributed by atoms with van der Waals surface area (Å²) in [6.07, 6.45) is 1.61. The third-order valence-electron chi connectivity index (χ3n) is 1.85. The van der Waals surface area contributed by atoms with Crippen molar-refractivity contribution >= 4 is 45.5 Å². The molecule has 0 unspecified atom stereocenters. The van der Waals surface area contributed by atoms with Crippen LogP contribution in [-0.2, 0) is 0 Å². The average molecular weight is 329 g/mol. The first-order valence-corrected chi connectivity index (χ1v) is 5.85. The molecule has 0 saturated carbocycles. The number of halogens is 1. The van der Waals surface area contributed by atoms with Crippen molar-refractivity contribution in [2.75, 3.05) is 5.32 Å². The van der Waals surface area contributed by atoms with Gasteiger partial charge in [-0.3, -0.25) is 0 Å². The number of thiocarbonyl (C=S) groups is 1. The van der Waals surface area contributed by atoms with E-state index in [0.29, 0.717) is 10.7 Å². The molecule has 0 aliphatic carbocycles. The Balaban J connectivity index is 2.09. The van der Waals surface area contributed by atoms with E-state index < -0.39 is 0 Å². The normalized spacial score (nSPS) is 9.93. The van der Waals surface area contributed by atoms with Gasteiger partial charge < -0.3 is 9.73 Å². The van der Waals surface area contributed by atoms with E-state index in [1.165, 1.54) is 3.57 Å². The van der Waals surface area contributed by atoms with Crippen LogP contribution in [0.3, 0.4) is 0 Å². The van der Waals surface area contributed by atoms with Crippen molar-refractivity contribution in [2.45, 2.75) is 0 Å². The Hall–Kier alpha value is -0.880. The Morgan fingerprint density at radius 3 is 2.53 bits per heavy atom. The molecule has 0 saturated heterocycles. The van der Waals surface area contributed by atoms with Crippen LogP contribution in [0.4, 0.5) is 5.69 Å². The minimum absolute atomic E-state index is 0.598. The van der Waals surface area contributed by atoms with E-state index in [1.807, 2.05) is 36.4 Å². The summed E-state index contributed by atoms with van der Waals surface area (Å²) in [7, 11) is 0. The largest absolute Gasteiger partial charge is 0.462 e. The predicted octanol–water partition coefficient (Wildman–Crippen LogP) is 3.67. The Morgan fingerprint density at radius 1 is 1.20 bits per heavy atom. The van der Waals surface area contributed by atoms with Crippen LogP contribution in [0, 0.1) is 3.57 Å². The molecule has 2 nitrogen and oxygen atoms in total. The SMILES string of the molecule is S=C(Nc1ccc(I)cc1)c1ccco1. The molecule has 0 amide bonds. The molecule has 0 atom stereocenters. The number of hydrogen-bond acceptors (Lipinski definition) is 2. The van der Waals surface area contributed by atoms with Crippen molar-refractivity contribution < 1.29 is 4.42 Å². The van der Waals surface area contributed by atoms with Crippen molar-refractivity contribution in [3.63, 3.8) is 0 Å². The zero-order chi connectivity index (χ0) is 10.7. The van der Waals surface area contributed by atoms with E-state index in [4.69, 9.17) is 16.6 Å². The van der Waals surface area contributed by atoms with Crippen LogP contribution in [-0.4, -0.2) is 4.99 Å². The molecule has 1 aromatic carbocycles. The predicted molar refractivity (Wildman–Crippen MR) is 73.2 cm³/mol. The topological polar surface area (TPSA) is 25.2 Å². The van der Waals surface area contributed by atoms with Crippen molar-refractivity contribution in [3.8, 4) is 0 Å². The molecular weight excluding hydrogens is 321 g/mol. The lowest BCUT2D eigenvalue weighted by Gasteiger charge is -2.05. The fourth-order valence-corrected chi connectivity index (χ4v) is 1.73. The molecule has 0 spiro atoms. The van der Waals surface area contributed by atoms with Gasteiger partial charge in [-0.1, -0.05) is 12.2 Å². The number of nitrogens with one attached hydrogen (secondary N) is 1. The van der Waals surface area contributed by atoms with Crippen LogP contribution in [0.1, 0.15) is 5.76 Å². The molecular formula is C11H8INOS. The second-order valence-corrected chi connectivity index (χ2v) is 4.59. The fraction of sp³-hybridized carbons (Fsp3) is 0. The highest BCUT2D eigenvalue weighted by atomic mass is 127. The van der Waals surface area contributed by atoms with Crippen LogP contribution in [0.15, 0.2) is 47.1 Å². The van der Waals surface area contributed by atoms with Gasteiger partial charge in [0.05, 0.1) is 6.26 Å². The van der Waals surface area contributed by atoms with Gasteiger partial charge in [0, 0.05) is 9.26 Å². The van der Waals surface area contributed by atoms with Gasteiger partial charge in [0.25, 0.3) is 0 Å². The van der Waals surface area contributed by atoms with Crippen molar-refractivity contribution in [1.82, 2.24) is 0 Å². The summed E-state index contributed by atoms with van der Waals surface area (Å²) in [5.41, 5.74) is 0.969. The summed E-state index contributed by atoms with van der Waals surface area (Å²) in [4.78, 5) is 0.598. The molecule has 0 fully saturated rings. The van der Waals surface area contributed by atoms with Crippen LogP contribution in [0.2, 0.25) is 0 Å². The van der Waals surface area contributed by atoms with Gasteiger partial charge in [0.15, 0.2) is 5.76 Å². The maximum atomic E-state index is 5.19. The Morgan fingerprint density at radius 2 is 1.93 bits per heavy atom. The third kappa shape index (κ3) is 2.79. The molecule has 15 heavy (non-hydrogen) atoms. The van der Waals surface area contributed by atoms with Gasteiger partial charge in [-0.25, -0.2) is 0 Å². The van der Waals surface area contributed by atoms with Crippen molar-refractivity contribution in [3.05, 3.63) is 52.0 Å². The molecule has 1 N–H and O–H groups in total. The highest BCUT2D eigenvalue weighted by molar-refractivity contribution is 14.1. The second kappa shape index (κ2) is 4.76. The van der Waals surface area contributed by atoms with Crippen LogP contribution in [0.25, 0.3) is 0 Å². The quantitative estimate of drug-likeness (QED) is 0.672. The van der Waals surface area contributed by atoms with Gasteiger partial charge in [-0.2, -0.15) is 0 Å². The molecule has 0 aliphatic heterocycles. The lowest BCUT2D eigenvalue weighted by Crippen LogP contribution is -2.09. The van der Waals surface area contributed by atoms with Gasteiger partial charge in [-0.15, -0.1) is 0 Å². The van der Waals surface area contributed by atoms with Gasteiger partial charge in [0.2, 0.25) is 0 Å². The minimum Gasteiger partial charge on any atom is -0.462 e. The molecule has 2 aromatic rings. The summed E-state index contributed by atoms with van der Waals surface area (Å²) >= 11 is 7.44. The molecule has 0 bridgehead atoms. The lowest BCUT2D eigenvalue weighted by molar-refractivity contribution is 0.559. The zero-order valence-electron chi connectivity index (χ0n) is 7.74. The monoisotopic (exact) mass is 329 g/mol. The summed E-state index contributed by atoms with van der Waals surface area (Å²) < 4.78 is 6.38. The van der Waals surface area contributed by atoms with Gasteiger partial charge >= 0.3 is 0 Å². The maximum absolute atomic E-state index is 5.19. The molecule has 1 aromatic heterocycles. The third-order valence-corrected chi connectivity index (χ3v) is 2.87. The van der Waals surface area contributed by atoms with Crippen molar-refractivity contribution in [1.29, 1.82) is 0 Å². The number of furan rings is 1. The standard InChI is InChI=1S/C11H8INOS/c12-8-3-5-9(6-4-8)13-11(15)10-2-1-7-14-10/h1-7H,(H,13,15). The summed E-state index contributed by atoms with van der Waals surface area (Å²) in [6, 6.07) is 11.7. The first kappa shape index (κ1) is 10.6. The van der Waals surface area contributed by atoms with E-state index in [0.717, 1.165) is 5.69 Å². The minimum atomic E-state index is 0.598. The Bertz CT molecular complexity index is 450. The summed E-state index contributed by atoms with van der Waals surface area (Å²) in [5.74, 6) is 0.684. The Kier molecular flexibility index (Phi) is 3.37. The molecule has 0 aliphatic rings. The molecule has 76 valence electrons. The van der Waals surface area contributed by atoms with Crippen LogP contribution in [0.5, 0.6) is 0 Å². The van der Waals surface area contributed by atoms with E-state index in [9.17, 15) is 0 Å². The number of anilines is 1. The molecule has 2 rings (SSSR count). The summed E-state index contributed by atoms with van der Waals surface area (Å²) in [5, 5.41) is 3.11. The highest BCUT2D eigenvalue weighted by Crippen LogP contribution is 2.13. The first-order chi connectivity index (χ1) is 7.25. The highest BCUT2D eigenvalue weighted by Gasteiger charge is 2.03. The number of rotatable bonds is 2. The van der Waals surface area contributed by atoms with E-state index in [-0.39, 0.29) is 0 Å². The molecule has 4 heteroatoms. The first-order valence-electron chi connectivity index (χ1n) is 4.36. The van der Waals surface area contributed by atoms with Gasteiger partial charge in [0.1, 0.15) is 4.99 Å². The molecule has 1 heterocycles. The summed E-state index contributed by atoms with van der Waals surface area (Å²) in [6.45, 7) is 0. The van der Waals surface area contributed by atoms with Crippen LogP contribution >= 0.6 is 34.8 Å². The van der Waals surface area contributed by atoms with Gasteiger partial charge in [-0.05, 0) is 59.0 Å². The Labute approximate surface area is 107 Å². The molecule has 0 radical (unpaired) electrons. The number of benzene rings is 1. The van der Waals surface area contributed by atoms with Crippen LogP contribution < -0.4 is 5.32 Å². The number of hydrogen-bond donors (Lipinski definition) is 1. The van der Waals surface area contributed by atoms with E-state index in [1.54, 1.807) is 6.26 Å². The maximum Gasteiger partial charge on any atom is 0.161 e. The lowest BCUT2D eigenvalue weighted by atomic mass is 10.3. The van der Waals surface area contributed by atoms with E-state index >= 15 is 0 Å². The smallest absolute Gasteiger partial charge is 0.161 e. The van der Waals surface area contributed by atoms with E-state index in [2.05, 4.69) is 27.9 Å². The zero-order valence-corrected chi connectivity index (χ0v) is 10.7. The second-order valence-electron chi connectivity index (χ2n) is 2.94.